The van der Waals surface area contributed by atoms with Gasteiger partial charge in [0, 0.05) is 32.0 Å². The van der Waals surface area contributed by atoms with Crippen molar-refractivity contribution in [2.75, 3.05) is 18.4 Å². The summed E-state index contributed by atoms with van der Waals surface area (Å²) in [6.07, 6.45) is 5.38. The molecule has 1 unspecified atom stereocenters. The number of rotatable bonds is 7. The molecular formula is C27H32N8O2. The lowest BCUT2D eigenvalue weighted by atomic mass is 10.0. The van der Waals surface area contributed by atoms with Crippen LogP contribution in [0.3, 0.4) is 0 Å². The fraction of sp³-hybridized carbons (Fsp3) is 0.407. The smallest absolute Gasteiger partial charge is 0.225 e. The minimum Gasteiger partial charge on any atom is -0.372 e. The van der Waals surface area contributed by atoms with Gasteiger partial charge in [0.2, 0.25) is 5.91 Å². The van der Waals surface area contributed by atoms with E-state index in [1.165, 1.54) is 6.33 Å². The zero-order chi connectivity index (χ0) is 25.9. The number of nitrogens with one attached hydrogen (secondary N) is 1. The molecule has 3 atom stereocenters. The maximum atomic E-state index is 13.4. The van der Waals surface area contributed by atoms with Gasteiger partial charge in [-0.15, -0.1) is 0 Å². The van der Waals surface area contributed by atoms with Gasteiger partial charge < -0.3 is 19.5 Å². The van der Waals surface area contributed by atoms with E-state index in [4.69, 9.17) is 9.72 Å². The minimum atomic E-state index is -0.293. The van der Waals surface area contributed by atoms with Crippen LogP contribution in [0.4, 0.5) is 5.82 Å². The Hall–Kier alpha value is -3.92. The van der Waals surface area contributed by atoms with Crippen LogP contribution in [0.2, 0.25) is 0 Å². The van der Waals surface area contributed by atoms with Crippen molar-refractivity contribution in [2.24, 2.45) is 0 Å². The first kappa shape index (κ1) is 24.8. The summed E-state index contributed by atoms with van der Waals surface area (Å²) in [6.45, 7) is 9.75. The van der Waals surface area contributed by atoms with Gasteiger partial charge in [-0.2, -0.15) is 0 Å². The summed E-state index contributed by atoms with van der Waals surface area (Å²) in [5.41, 5.74) is 3.16. The summed E-state index contributed by atoms with van der Waals surface area (Å²) in [7, 11) is 0. The number of imidazole rings is 1. The van der Waals surface area contributed by atoms with E-state index in [9.17, 15) is 4.79 Å². The molecule has 1 fully saturated rings. The van der Waals surface area contributed by atoms with Crippen LogP contribution in [-0.4, -0.2) is 65.6 Å². The first-order valence-electron chi connectivity index (χ1n) is 12.7. The monoisotopic (exact) mass is 500 g/mol. The van der Waals surface area contributed by atoms with Crippen molar-refractivity contribution in [1.82, 2.24) is 34.4 Å². The van der Waals surface area contributed by atoms with Crippen LogP contribution in [0.25, 0.3) is 22.6 Å². The molecule has 3 aromatic heterocycles. The topological polar surface area (TPSA) is 111 Å². The second-order valence-electron chi connectivity index (χ2n) is 9.46. The molecule has 0 bridgehead atoms. The van der Waals surface area contributed by atoms with E-state index in [1.54, 1.807) is 12.4 Å². The highest BCUT2D eigenvalue weighted by Crippen LogP contribution is 2.30. The van der Waals surface area contributed by atoms with E-state index in [0.29, 0.717) is 42.4 Å². The lowest BCUT2D eigenvalue weighted by molar-refractivity contribution is -0.143. The zero-order valence-electron chi connectivity index (χ0n) is 21.6. The Balaban J connectivity index is 1.49. The molecule has 192 valence electrons. The Morgan fingerprint density at radius 1 is 1.08 bits per heavy atom. The van der Waals surface area contributed by atoms with Crippen LogP contribution < -0.4 is 5.32 Å². The van der Waals surface area contributed by atoms with Crippen LogP contribution in [-0.2, 0) is 16.1 Å². The number of nitrogens with zero attached hydrogens (tertiary/aromatic N) is 7. The normalized spacial score (nSPS) is 18.6. The molecule has 10 nitrogen and oxygen atoms in total. The van der Waals surface area contributed by atoms with E-state index >= 15 is 0 Å². The van der Waals surface area contributed by atoms with Crippen LogP contribution >= 0.6 is 0 Å². The molecule has 4 heterocycles. The van der Waals surface area contributed by atoms with Gasteiger partial charge in [-0.25, -0.2) is 24.9 Å². The van der Waals surface area contributed by atoms with Gasteiger partial charge in [0.05, 0.1) is 30.2 Å². The third-order valence-electron chi connectivity index (χ3n) is 6.55. The fourth-order valence-corrected chi connectivity index (χ4v) is 4.86. The first-order valence-corrected chi connectivity index (χ1v) is 12.7. The number of ether oxygens (including phenoxy) is 1. The van der Waals surface area contributed by atoms with Crippen molar-refractivity contribution in [3.8, 4) is 11.4 Å². The van der Waals surface area contributed by atoms with Crippen LogP contribution in [0, 0.1) is 6.92 Å². The SMILES string of the molecule is CCn1c(-c2cnc(C)nc2)nc2c(NC(CC(=O)N3C[C@@H](C)O[C@@H](C)C3)c3ccccc3)ncnc21. The van der Waals surface area contributed by atoms with Crippen LogP contribution in [0.15, 0.2) is 49.1 Å². The number of morpholine rings is 1. The molecule has 10 heteroatoms. The molecule has 4 aromatic rings. The summed E-state index contributed by atoms with van der Waals surface area (Å²) in [6, 6.07) is 9.67. The average molecular weight is 501 g/mol. The molecule has 1 aliphatic heterocycles. The molecule has 1 N–H and O–H groups in total. The van der Waals surface area contributed by atoms with Gasteiger partial charge in [-0.05, 0) is 33.3 Å². The summed E-state index contributed by atoms with van der Waals surface area (Å²) in [5, 5.41) is 3.52. The fourth-order valence-electron chi connectivity index (χ4n) is 4.86. The summed E-state index contributed by atoms with van der Waals surface area (Å²) >= 11 is 0. The minimum absolute atomic E-state index is 0.0134. The largest absolute Gasteiger partial charge is 0.372 e. The maximum Gasteiger partial charge on any atom is 0.225 e. The lowest BCUT2D eigenvalue weighted by Crippen LogP contribution is -2.48. The molecule has 1 aliphatic rings. The number of benzene rings is 1. The molecular weight excluding hydrogens is 468 g/mol. The van der Waals surface area contributed by atoms with Crippen LogP contribution in [0.5, 0.6) is 0 Å². The van der Waals surface area contributed by atoms with Gasteiger partial charge >= 0.3 is 0 Å². The predicted octanol–water partition coefficient (Wildman–Crippen LogP) is 3.79. The molecule has 0 radical (unpaired) electrons. The lowest BCUT2D eigenvalue weighted by Gasteiger charge is -2.36. The number of amides is 1. The number of hydrogen-bond acceptors (Lipinski definition) is 8. The zero-order valence-corrected chi connectivity index (χ0v) is 21.6. The number of hydrogen-bond donors (Lipinski definition) is 1. The van der Waals surface area contributed by atoms with E-state index in [-0.39, 0.29) is 30.6 Å². The van der Waals surface area contributed by atoms with E-state index in [0.717, 1.165) is 17.0 Å². The number of carbonyl (C=O) groups excluding carboxylic acids is 1. The second-order valence-corrected chi connectivity index (χ2v) is 9.46. The third-order valence-corrected chi connectivity index (χ3v) is 6.55. The summed E-state index contributed by atoms with van der Waals surface area (Å²) in [5.74, 6) is 2.08. The quantitative estimate of drug-likeness (QED) is 0.408. The van der Waals surface area contributed by atoms with E-state index in [2.05, 4.69) is 25.3 Å². The van der Waals surface area contributed by atoms with Crippen molar-refractivity contribution >= 4 is 22.9 Å². The molecule has 1 saturated heterocycles. The number of anilines is 1. The highest BCUT2D eigenvalue weighted by Gasteiger charge is 2.28. The van der Waals surface area contributed by atoms with Crippen molar-refractivity contribution in [3.63, 3.8) is 0 Å². The second kappa shape index (κ2) is 10.6. The van der Waals surface area contributed by atoms with Crippen molar-refractivity contribution in [1.29, 1.82) is 0 Å². The Labute approximate surface area is 216 Å². The molecule has 37 heavy (non-hydrogen) atoms. The Kier molecular flexibility index (Phi) is 7.09. The Morgan fingerprint density at radius 3 is 2.46 bits per heavy atom. The van der Waals surface area contributed by atoms with Gasteiger partial charge in [-0.1, -0.05) is 30.3 Å². The Morgan fingerprint density at radius 2 is 1.78 bits per heavy atom. The molecule has 1 aromatic carbocycles. The number of aryl methyl sites for hydroxylation is 2. The van der Waals surface area contributed by atoms with Crippen molar-refractivity contribution in [2.45, 2.75) is 58.9 Å². The van der Waals surface area contributed by atoms with Crippen molar-refractivity contribution in [3.05, 3.63) is 60.4 Å². The Bertz CT molecular complexity index is 1360. The third kappa shape index (κ3) is 5.29. The number of carbonyl (C=O) groups is 1. The van der Waals surface area contributed by atoms with Gasteiger partial charge in [0.1, 0.15) is 18.0 Å². The molecule has 0 spiro atoms. The molecule has 0 aliphatic carbocycles. The summed E-state index contributed by atoms with van der Waals surface area (Å²) < 4.78 is 7.84. The standard InChI is InChI=1S/C27H32N8O2/c1-5-35-26(21-12-28-19(4)29-13-21)33-24-25(30-16-31-27(24)35)32-22(20-9-7-6-8-10-20)11-23(36)34-14-17(2)37-18(3)15-34/h6-10,12-13,16-18,22H,5,11,14-15H2,1-4H3,(H,30,31,32)/t17-,18+,22?. The maximum absolute atomic E-state index is 13.4. The molecule has 0 saturated carbocycles. The van der Waals surface area contributed by atoms with Crippen LogP contribution in [0.1, 0.15) is 44.6 Å². The summed E-state index contributed by atoms with van der Waals surface area (Å²) in [4.78, 5) is 37.9. The molecule has 1 amide bonds. The average Bonchev–Trinajstić information content (AvgIpc) is 3.28. The molecule has 5 rings (SSSR count). The number of aromatic nitrogens is 6. The highest BCUT2D eigenvalue weighted by atomic mass is 16.5. The van der Waals surface area contributed by atoms with Gasteiger partial charge in [-0.3, -0.25) is 4.79 Å². The van der Waals surface area contributed by atoms with Gasteiger partial charge in [0.25, 0.3) is 0 Å². The number of fused-ring (bicyclic) bond motifs is 1. The van der Waals surface area contributed by atoms with Crippen molar-refractivity contribution < 1.29 is 9.53 Å². The van der Waals surface area contributed by atoms with E-state index < -0.39 is 0 Å². The highest BCUT2D eigenvalue weighted by molar-refractivity contribution is 5.87. The van der Waals surface area contributed by atoms with Gasteiger partial charge in [0.15, 0.2) is 17.0 Å². The van der Waals surface area contributed by atoms with E-state index in [1.807, 2.05) is 67.5 Å². The predicted molar refractivity (Wildman–Crippen MR) is 141 cm³/mol. The first-order chi connectivity index (χ1) is 17.9.